The van der Waals surface area contributed by atoms with E-state index in [1.54, 1.807) is 19.1 Å². The number of carbonyl (C=O) groups excluding carboxylic acids is 2. The van der Waals surface area contributed by atoms with Crippen molar-refractivity contribution < 1.29 is 27.5 Å². The van der Waals surface area contributed by atoms with Gasteiger partial charge in [-0.25, -0.2) is 13.2 Å². The SMILES string of the molecule is CCNC(=O)c1cc(S(=O)(=O)Nc2ccccc2C(=O)OC)ccc1OC. The molecule has 0 aliphatic heterocycles. The van der Waals surface area contributed by atoms with Gasteiger partial charge in [0.05, 0.1) is 35.9 Å². The topological polar surface area (TPSA) is 111 Å². The Morgan fingerprint density at radius 2 is 1.74 bits per heavy atom. The third-order valence-corrected chi connectivity index (χ3v) is 5.00. The van der Waals surface area contributed by atoms with Gasteiger partial charge >= 0.3 is 5.97 Å². The molecule has 0 aliphatic carbocycles. The molecule has 2 rings (SSSR count). The van der Waals surface area contributed by atoms with Crippen molar-refractivity contribution in [1.82, 2.24) is 5.32 Å². The minimum Gasteiger partial charge on any atom is -0.496 e. The zero-order valence-electron chi connectivity index (χ0n) is 15.1. The van der Waals surface area contributed by atoms with Gasteiger partial charge in [-0.05, 0) is 37.3 Å². The van der Waals surface area contributed by atoms with Crippen LogP contribution in [0.15, 0.2) is 47.4 Å². The number of rotatable bonds is 7. The Morgan fingerprint density at radius 1 is 1.04 bits per heavy atom. The van der Waals surface area contributed by atoms with Crippen molar-refractivity contribution in [3.05, 3.63) is 53.6 Å². The number of anilines is 1. The number of methoxy groups -OCH3 is 2. The molecule has 0 heterocycles. The molecule has 0 unspecified atom stereocenters. The van der Waals surface area contributed by atoms with Crippen molar-refractivity contribution in [2.45, 2.75) is 11.8 Å². The summed E-state index contributed by atoms with van der Waals surface area (Å²) in [6.45, 7) is 2.12. The summed E-state index contributed by atoms with van der Waals surface area (Å²) in [5.74, 6) is -0.887. The molecule has 1 amide bonds. The average Bonchev–Trinajstić information content (AvgIpc) is 2.67. The second kappa shape index (κ2) is 8.54. The molecule has 0 atom stereocenters. The van der Waals surface area contributed by atoms with E-state index in [9.17, 15) is 18.0 Å². The molecule has 0 radical (unpaired) electrons. The fourth-order valence-electron chi connectivity index (χ4n) is 2.35. The van der Waals surface area contributed by atoms with E-state index < -0.39 is 21.9 Å². The van der Waals surface area contributed by atoms with E-state index in [4.69, 9.17) is 4.74 Å². The molecule has 0 saturated carbocycles. The first-order valence-electron chi connectivity index (χ1n) is 8.00. The van der Waals surface area contributed by atoms with Crippen molar-refractivity contribution in [2.24, 2.45) is 0 Å². The molecular weight excluding hydrogens is 372 g/mol. The number of para-hydroxylation sites is 1. The average molecular weight is 392 g/mol. The molecule has 0 bridgehead atoms. The summed E-state index contributed by atoms with van der Waals surface area (Å²) in [5.41, 5.74) is 0.226. The number of nitrogens with one attached hydrogen (secondary N) is 2. The van der Waals surface area contributed by atoms with E-state index >= 15 is 0 Å². The van der Waals surface area contributed by atoms with Crippen molar-refractivity contribution in [3.63, 3.8) is 0 Å². The van der Waals surface area contributed by atoms with Crippen LogP contribution in [0.25, 0.3) is 0 Å². The van der Waals surface area contributed by atoms with Gasteiger partial charge in [-0.1, -0.05) is 12.1 Å². The Balaban J connectivity index is 2.45. The van der Waals surface area contributed by atoms with E-state index in [1.807, 2.05) is 0 Å². The first kappa shape index (κ1) is 20.2. The summed E-state index contributed by atoms with van der Waals surface area (Å²) in [5, 5.41) is 2.60. The summed E-state index contributed by atoms with van der Waals surface area (Å²) in [7, 11) is -1.48. The van der Waals surface area contributed by atoms with Crippen LogP contribution in [0.1, 0.15) is 27.6 Å². The number of carbonyl (C=O) groups is 2. The highest BCUT2D eigenvalue weighted by Gasteiger charge is 2.22. The van der Waals surface area contributed by atoms with Gasteiger partial charge in [0.2, 0.25) is 0 Å². The predicted molar refractivity (Wildman–Crippen MR) is 99.6 cm³/mol. The van der Waals surface area contributed by atoms with Gasteiger partial charge in [-0.2, -0.15) is 0 Å². The zero-order valence-corrected chi connectivity index (χ0v) is 15.9. The fourth-order valence-corrected chi connectivity index (χ4v) is 3.46. The van der Waals surface area contributed by atoms with E-state index in [0.29, 0.717) is 6.54 Å². The molecule has 0 aliphatic rings. The summed E-state index contributed by atoms with van der Waals surface area (Å²) < 4.78 is 37.7. The Hall–Kier alpha value is -3.07. The Kier molecular flexibility index (Phi) is 6.40. The maximum atomic E-state index is 12.8. The van der Waals surface area contributed by atoms with E-state index in [2.05, 4.69) is 14.8 Å². The van der Waals surface area contributed by atoms with Crippen LogP contribution in [-0.4, -0.2) is 41.1 Å². The van der Waals surface area contributed by atoms with Gasteiger partial charge < -0.3 is 14.8 Å². The number of amides is 1. The lowest BCUT2D eigenvalue weighted by molar-refractivity contribution is 0.0601. The molecule has 0 saturated heterocycles. The van der Waals surface area contributed by atoms with Crippen molar-refractivity contribution >= 4 is 27.6 Å². The van der Waals surface area contributed by atoms with Gasteiger partial charge in [-0.3, -0.25) is 9.52 Å². The van der Waals surface area contributed by atoms with Gasteiger partial charge in [0, 0.05) is 6.54 Å². The van der Waals surface area contributed by atoms with E-state index in [0.717, 1.165) is 0 Å². The minimum absolute atomic E-state index is 0.0692. The van der Waals surface area contributed by atoms with Crippen LogP contribution in [0, 0.1) is 0 Å². The third-order valence-electron chi connectivity index (χ3n) is 3.64. The predicted octanol–water partition coefficient (Wildman–Crippen LogP) is 2.03. The second-order valence-corrected chi connectivity index (χ2v) is 7.05. The van der Waals surface area contributed by atoms with Gasteiger partial charge in [0.1, 0.15) is 5.75 Å². The molecule has 9 heteroatoms. The summed E-state index contributed by atoms with van der Waals surface area (Å²) >= 11 is 0. The number of benzene rings is 2. The van der Waals surface area contributed by atoms with Gasteiger partial charge in [0.15, 0.2) is 0 Å². The van der Waals surface area contributed by atoms with Crippen molar-refractivity contribution in [2.75, 3.05) is 25.5 Å². The first-order chi connectivity index (χ1) is 12.8. The van der Waals surface area contributed by atoms with E-state index in [1.165, 1.54) is 44.6 Å². The van der Waals surface area contributed by atoms with Gasteiger partial charge in [0.25, 0.3) is 15.9 Å². The van der Waals surface area contributed by atoms with E-state index in [-0.39, 0.29) is 27.5 Å². The highest BCUT2D eigenvalue weighted by Crippen LogP contribution is 2.25. The fraction of sp³-hybridized carbons (Fsp3) is 0.222. The lowest BCUT2D eigenvalue weighted by Gasteiger charge is -2.13. The Labute approximate surface area is 157 Å². The molecule has 2 N–H and O–H groups in total. The molecule has 144 valence electrons. The van der Waals surface area contributed by atoms with Crippen LogP contribution in [0.4, 0.5) is 5.69 Å². The summed E-state index contributed by atoms with van der Waals surface area (Å²) in [6, 6.07) is 9.97. The maximum absolute atomic E-state index is 12.8. The highest BCUT2D eigenvalue weighted by molar-refractivity contribution is 7.92. The largest absolute Gasteiger partial charge is 0.496 e. The second-order valence-electron chi connectivity index (χ2n) is 5.36. The summed E-state index contributed by atoms with van der Waals surface area (Å²) in [4.78, 5) is 23.9. The van der Waals surface area contributed by atoms with Crippen LogP contribution in [0.3, 0.4) is 0 Å². The number of esters is 1. The molecule has 27 heavy (non-hydrogen) atoms. The third kappa shape index (κ3) is 4.56. The van der Waals surface area contributed by atoms with Crippen LogP contribution >= 0.6 is 0 Å². The lowest BCUT2D eigenvalue weighted by atomic mass is 10.2. The quantitative estimate of drug-likeness (QED) is 0.698. The summed E-state index contributed by atoms with van der Waals surface area (Å²) in [6.07, 6.45) is 0. The molecule has 8 nitrogen and oxygen atoms in total. The number of hydrogen-bond acceptors (Lipinski definition) is 6. The number of hydrogen-bond donors (Lipinski definition) is 2. The standard InChI is InChI=1S/C18H20N2O6S/c1-4-19-17(21)14-11-12(9-10-16(14)25-2)27(23,24)20-15-8-6-5-7-13(15)18(22)26-3/h5-11,20H,4H2,1-3H3,(H,19,21). The monoisotopic (exact) mass is 392 g/mol. The van der Waals surface area contributed by atoms with Crippen LogP contribution in [0.5, 0.6) is 5.75 Å². The molecular formula is C18H20N2O6S. The van der Waals surface area contributed by atoms with Crippen molar-refractivity contribution in [1.29, 1.82) is 0 Å². The Morgan fingerprint density at radius 3 is 2.37 bits per heavy atom. The van der Waals surface area contributed by atoms with Crippen LogP contribution < -0.4 is 14.8 Å². The molecule has 0 aromatic heterocycles. The number of ether oxygens (including phenoxy) is 2. The molecule has 2 aromatic carbocycles. The minimum atomic E-state index is -4.07. The normalized spacial score (nSPS) is 10.8. The Bertz CT molecular complexity index is 956. The lowest BCUT2D eigenvalue weighted by Crippen LogP contribution is -2.24. The van der Waals surface area contributed by atoms with Crippen LogP contribution in [-0.2, 0) is 14.8 Å². The molecule has 0 spiro atoms. The van der Waals surface area contributed by atoms with Gasteiger partial charge in [-0.15, -0.1) is 0 Å². The zero-order chi connectivity index (χ0) is 20.0. The maximum Gasteiger partial charge on any atom is 0.339 e. The smallest absolute Gasteiger partial charge is 0.339 e. The van der Waals surface area contributed by atoms with Crippen LogP contribution in [0.2, 0.25) is 0 Å². The molecule has 0 fully saturated rings. The number of sulfonamides is 1. The highest BCUT2D eigenvalue weighted by atomic mass is 32.2. The first-order valence-corrected chi connectivity index (χ1v) is 9.48. The molecule has 2 aromatic rings. The van der Waals surface area contributed by atoms with Crippen molar-refractivity contribution in [3.8, 4) is 5.75 Å².